The van der Waals surface area contributed by atoms with Crippen LogP contribution in [0.4, 0.5) is 0 Å². The van der Waals surface area contributed by atoms with E-state index in [2.05, 4.69) is 4.98 Å². The third-order valence-electron chi connectivity index (χ3n) is 3.89. The molecule has 3 aromatic rings. The van der Waals surface area contributed by atoms with E-state index in [1.54, 1.807) is 0 Å². The van der Waals surface area contributed by atoms with Crippen LogP contribution >= 0.6 is 11.3 Å². The summed E-state index contributed by atoms with van der Waals surface area (Å²) in [6.07, 6.45) is 4.18. The number of imidazole rings is 1. The average molecular weight is 297 g/mol. The summed E-state index contributed by atoms with van der Waals surface area (Å²) in [5, 5.41) is 1.91. The minimum absolute atomic E-state index is 0.121. The van der Waals surface area contributed by atoms with Gasteiger partial charge in [-0.25, -0.2) is 4.98 Å². The van der Waals surface area contributed by atoms with Crippen molar-refractivity contribution >= 4 is 22.2 Å². The van der Waals surface area contributed by atoms with Crippen molar-refractivity contribution in [1.29, 1.82) is 0 Å². The van der Waals surface area contributed by atoms with Gasteiger partial charge in [0.15, 0.2) is 4.96 Å². The molecule has 0 atom stereocenters. The van der Waals surface area contributed by atoms with Crippen molar-refractivity contribution < 1.29 is 4.79 Å². The molecule has 0 radical (unpaired) electrons. The Hall–Kier alpha value is -2.14. The molecule has 1 aromatic carbocycles. The first-order chi connectivity index (χ1) is 10.3. The van der Waals surface area contributed by atoms with Crippen molar-refractivity contribution in [3.63, 3.8) is 0 Å². The number of likely N-dealkylation sites (tertiary alicyclic amines) is 1. The van der Waals surface area contributed by atoms with Crippen molar-refractivity contribution in [2.75, 3.05) is 13.1 Å². The highest BCUT2D eigenvalue weighted by Crippen LogP contribution is 2.24. The lowest BCUT2D eigenvalue weighted by atomic mass is 10.2. The van der Waals surface area contributed by atoms with Crippen LogP contribution in [0, 0.1) is 0 Å². The van der Waals surface area contributed by atoms with Crippen LogP contribution in [0.3, 0.4) is 0 Å². The normalized spacial score (nSPS) is 15.0. The van der Waals surface area contributed by atoms with Crippen molar-refractivity contribution in [3.8, 4) is 11.3 Å². The van der Waals surface area contributed by atoms with Gasteiger partial charge in [0.25, 0.3) is 5.91 Å². The Morgan fingerprint density at radius 2 is 1.90 bits per heavy atom. The van der Waals surface area contributed by atoms with E-state index in [-0.39, 0.29) is 5.91 Å². The van der Waals surface area contributed by atoms with Crippen molar-refractivity contribution in [1.82, 2.24) is 14.3 Å². The molecule has 0 aliphatic carbocycles. The summed E-state index contributed by atoms with van der Waals surface area (Å²) in [6, 6.07) is 10.1. The van der Waals surface area contributed by atoms with Crippen LogP contribution in [-0.4, -0.2) is 33.3 Å². The zero-order valence-corrected chi connectivity index (χ0v) is 12.3. The molecule has 4 nitrogen and oxygen atoms in total. The molecule has 5 heteroatoms. The second-order valence-electron chi connectivity index (χ2n) is 5.26. The van der Waals surface area contributed by atoms with Gasteiger partial charge in [0.05, 0.1) is 5.69 Å². The molecular formula is C16H15N3OS. The summed E-state index contributed by atoms with van der Waals surface area (Å²) in [6.45, 7) is 1.74. The molecule has 106 valence electrons. The first-order valence-electron chi connectivity index (χ1n) is 7.14. The predicted octanol–water partition coefficient (Wildman–Crippen LogP) is 3.30. The van der Waals surface area contributed by atoms with Gasteiger partial charge in [-0.05, 0) is 12.8 Å². The van der Waals surface area contributed by atoms with Gasteiger partial charge >= 0.3 is 0 Å². The van der Waals surface area contributed by atoms with Gasteiger partial charge < -0.3 is 4.90 Å². The molecule has 1 aliphatic heterocycles. The lowest BCUT2D eigenvalue weighted by molar-refractivity contribution is 0.0786. The molecule has 21 heavy (non-hydrogen) atoms. The van der Waals surface area contributed by atoms with Crippen LogP contribution in [0.2, 0.25) is 0 Å². The summed E-state index contributed by atoms with van der Waals surface area (Å²) in [5.74, 6) is 0.121. The monoisotopic (exact) mass is 297 g/mol. The lowest BCUT2D eigenvalue weighted by Crippen LogP contribution is -2.28. The highest BCUT2D eigenvalue weighted by atomic mass is 32.1. The van der Waals surface area contributed by atoms with Crippen LogP contribution in [-0.2, 0) is 0 Å². The Bertz CT molecular complexity index is 784. The van der Waals surface area contributed by atoms with Crippen LogP contribution in [0.25, 0.3) is 16.2 Å². The number of amides is 1. The van der Waals surface area contributed by atoms with Crippen molar-refractivity contribution in [2.45, 2.75) is 12.8 Å². The Labute approximate surface area is 126 Å². The van der Waals surface area contributed by atoms with E-state index < -0.39 is 0 Å². The smallest absolute Gasteiger partial charge is 0.271 e. The Morgan fingerprint density at radius 1 is 1.14 bits per heavy atom. The molecule has 1 saturated heterocycles. The molecule has 0 saturated carbocycles. The van der Waals surface area contributed by atoms with E-state index in [1.807, 2.05) is 51.2 Å². The molecule has 0 unspecified atom stereocenters. The van der Waals surface area contributed by atoms with Crippen LogP contribution in [0.1, 0.15) is 23.3 Å². The van der Waals surface area contributed by atoms with Gasteiger partial charge in [0.1, 0.15) is 5.69 Å². The first kappa shape index (κ1) is 12.6. The lowest BCUT2D eigenvalue weighted by Gasteiger charge is -2.13. The number of thiazole rings is 1. The number of benzene rings is 1. The number of rotatable bonds is 2. The molecule has 3 heterocycles. The maximum absolute atomic E-state index is 12.6. The molecular weight excluding hydrogens is 282 g/mol. The fraction of sp³-hybridized carbons (Fsp3) is 0.250. The highest BCUT2D eigenvalue weighted by Gasteiger charge is 2.23. The summed E-state index contributed by atoms with van der Waals surface area (Å²) in [5.41, 5.74) is 2.72. The number of hydrogen-bond donors (Lipinski definition) is 0. The maximum atomic E-state index is 12.6. The first-order valence-corrected chi connectivity index (χ1v) is 8.02. The predicted molar refractivity (Wildman–Crippen MR) is 83.6 cm³/mol. The fourth-order valence-electron chi connectivity index (χ4n) is 2.77. The minimum Gasteiger partial charge on any atom is -0.337 e. The largest absolute Gasteiger partial charge is 0.337 e. The van der Waals surface area contributed by atoms with Crippen LogP contribution < -0.4 is 0 Å². The van der Waals surface area contributed by atoms with Gasteiger partial charge in [0.2, 0.25) is 0 Å². The standard InChI is InChI=1S/C16H15N3OS/c20-15(18-8-4-5-9-18)14-11-21-16-17-13(10-19(14)16)12-6-2-1-3-7-12/h1-3,6-7,10-11H,4-5,8-9H2. The zero-order chi connectivity index (χ0) is 14.2. The topological polar surface area (TPSA) is 37.6 Å². The number of carbonyl (C=O) groups excluding carboxylic acids is 1. The van der Waals surface area contributed by atoms with E-state index in [0.717, 1.165) is 47.8 Å². The van der Waals surface area contributed by atoms with Crippen molar-refractivity contribution in [3.05, 3.63) is 47.6 Å². The number of carbonyl (C=O) groups is 1. The van der Waals surface area contributed by atoms with Gasteiger partial charge in [-0.1, -0.05) is 30.3 Å². The second kappa shape index (κ2) is 5.00. The Morgan fingerprint density at radius 3 is 2.67 bits per heavy atom. The van der Waals surface area contributed by atoms with E-state index >= 15 is 0 Å². The van der Waals surface area contributed by atoms with E-state index in [1.165, 1.54) is 11.3 Å². The molecule has 4 rings (SSSR count). The van der Waals surface area contributed by atoms with Gasteiger partial charge in [-0.3, -0.25) is 9.20 Å². The molecule has 1 amide bonds. The van der Waals surface area contributed by atoms with E-state index in [9.17, 15) is 4.79 Å². The second-order valence-corrected chi connectivity index (χ2v) is 6.10. The average Bonchev–Trinajstić information content (AvgIpc) is 3.24. The number of fused-ring (bicyclic) bond motifs is 1. The van der Waals surface area contributed by atoms with Crippen LogP contribution in [0.15, 0.2) is 41.9 Å². The summed E-state index contributed by atoms with van der Waals surface area (Å²) < 4.78 is 1.92. The Balaban J connectivity index is 1.74. The zero-order valence-electron chi connectivity index (χ0n) is 11.5. The quantitative estimate of drug-likeness (QED) is 0.728. The van der Waals surface area contributed by atoms with Crippen molar-refractivity contribution in [2.24, 2.45) is 0 Å². The third-order valence-corrected chi connectivity index (χ3v) is 4.73. The number of nitrogens with zero attached hydrogens (tertiary/aromatic N) is 3. The van der Waals surface area contributed by atoms with E-state index in [0.29, 0.717) is 0 Å². The van der Waals surface area contributed by atoms with Gasteiger partial charge in [-0.15, -0.1) is 11.3 Å². The SMILES string of the molecule is O=C(c1csc2nc(-c3ccccc3)cn12)N1CCCC1. The molecule has 0 N–H and O–H groups in total. The van der Waals surface area contributed by atoms with Crippen LogP contribution in [0.5, 0.6) is 0 Å². The summed E-state index contributed by atoms with van der Waals surface area (Å²) in [7, 11) is 0. The van der Waals surface area contributed by atoms with Gasteiger partial charge in [0, 0.05) is 30.2 Å². The molecule has 1 aliphatic rings. The molecule has 0 bridgehead atoms. The van der Waals surface area contributed by atoms with Gasteiger partial charge in [-0.2, -0.15) is 0 Å². The highest BCUT2D eigenvalue weighted by molar-refractivity contribution is 7.15. The summed E-state index contributed by atoms with van der Waals surface area (Å²) in [4.78, 5) is 20.0. The molecule has 1 fully saturated rings. The number of hydrogen-bond acceptors (Lipinski definition) is 3. The summed E-state index contributed by atoms with van der Waals surface area (Å²) >= 11 is 1.52. The fourth-order valence-corrected chi connectivity index (χ4v) is 3.62. The minimum atomic E-state index is 0.121. The molecule has 0 spiro atoms. The van der Waals surface area contributed by atoms with E-state index in [4.69, 9.17) is 0 Å². The maximum Gasteiger partial charge on any atom is 0.271 e. The molecule has 2 aromatic heterocycles. The number of aromatic nitrogens is 2. The Kier molecular flexibility index (Phi) is 3.00. The third kappa shape index (κ3) is 2.14.